The Bertz CT molecular complexity index is 579. The van der Waals surface area contributed by atoms with Gasteiger partial charge in [0.1, 0.15) is 12.4 Å². The maximum atomic E-state index is 12.9. The Kier molecular flexibility index (Phi) is 4.39. The molecule has 1 N–H and O–H groups in total. The van der Waals surface area contributed by atoms with Gasteiger partial charge in [0.2, 0.25) is 10.0 Å². The molecule has 1 aliphatic rings. The summed E-state index contributed by atoms with van der Waals surface area (Å²) in [7, 11) is -3.91. The lowest BCUT2D eigenvalue weighted by atomic mass is 10.2. The number of hydrogen-bond acceptors (Lipinski definition) is 3. The van der Waals surface area contributed by atoms with E-state index in [0.29, 0.717) is 12.8 Å². The highest BCUT2D eigenvalue weighted by Gasteiger charge is 2.34. The molecule has 5 nitrogen and oxygen atoms in total. The molecule has 110 valence electrons. The smallest absolute Gasteiger partial charge is 0.318 e. The Morgan fingerprint density at radius 2 is 1.80 bits per heavy atom. The summed E-state index contributed by atoms with van der Waals surface area (Å²) in [4.78, 5) is 10.9. The molecule has 0 aliphatic heterocycles. The van der Waals surface area contributed by atoms with Crippen LogP contribution in [0.1, 0.15) is 25.7 Å². The zero-order valence-corrected chi connectivity index (χ0v) is 11.6. The summed E-state index contributed by atoms with van der Waals surface area (Å²) in [5.41, 5.74) is 0. The van der Waals surface area contributed by atoms with E-state index in [2.05, 4.69) is 0 Å². The molecule has 1 aromatic carbocycles. The van der Waals surface area contributed by atoms with Gasteiger partial charge in [-0.15, -0.1) is 0 Å². The van der Waals surface area contributed by atoms with Crippen LogP contribution in [0.4, 0.5) is 4.39 Å². The second-order valence-corrected chi connectivity index (χ2v) is 6.73. The second kappa shape index (κ2) is 5.88. The number of hydrogen-bond donors (Lipinski definition) is 1. The van der Waals surface area contributed by atoms with E-state index in [1.807, 2.05) is 0 Å². The Labute approximate surface area is 117 Å². The third kappa shape index (κ3) is 3.16. The molecule has 1 fully saturated rings. The van der Waals surface area contributed by atoms with Crippen molar-refractivity contribution in [2.75, 3.05) is 6.54 Å². The van der Waals surface area contributed by atoms with Crippen LogP contribution in [0.15, 0.2) is 29.2 Å². The van der Waals surface area contributed by atoms with Crippen molar-refractivity contribution in [3.8, 4) is 0 Å². The minimum Gasteiger partial charge on any atom is -0.480 e. The van der Waals surface area contributed by atoms with E-state index in [1.165, 1.54) is 0 Å². The van der Waals surface area contributed by atoms with Crippen molar-refractivity contribution in [3.05, 3.63) is 30.1 Å². The predicted molar refractivity (Wildman–Crippen MR) is 70.2 cm³/mol. The summed E-state index contributed by atoms with van der Waals surface area (Å²) in [6, 6.07) is 4.14. The van der Waals surface area contributed by atoms with Gasteiger partial charge in [-0.3, -0.25) is 4.79 Å². The van der Waals surface area contributed by atoms with Crippen molar-refractivity contribution >= 4 is 16.0 Å². The molecular weight excluding hydrogens is 285 g/mol. The zero-order chi connectivity index (χ0) is 14.8. The van der Waals surface area contributed by atoms with Gasteiger partial charge >= 0.3 is 5.97 Å². The standard InChI is InChI=1S/C13H16FNO4S/c14-10-5-7-12(8-6-10)20(18,19)15(9-13(16)17)11-3-1-2-4-11/h5-8,11H,1-4,9H2,(H,16,17). The van der Waals surface area contributed by atoms with Gasteiger partial charge in [-0.05, 0) is 37.1 Å². The summed E-state index contributed by atoms with van der Waals surface area (Å²) in [6.45, 7) is -0.565. The summed E-state index contributed by atoms with van der Waals surface area (Å²) in [5, 5.41) is 8.93. The molecule has 1 aromatic rings. The van der Waals surface area contributed by atoms with E-state index in [-0.39, 0.29) is 10.9 Å². The van der Waals surface area contributed by atoms with Gasteiger partial charge in [-0.2, -0.15) is 4.31 Å². The van der Waals surface area contributed by atoms with Crippen molar-refractivity contribution in [3.63, 3.8) is 0 Å². The number of halogens is 1. The van der Waals surface area contributed by atoms with Gasteiger partial charge < -0.3 is 5.11 Å². The van der Waals surface area contributed by atoms with Crippen LogP contribution in [0.25, 0.3) is 0 Å². The molecule has 0 saturated heterocycles. The highest BCUT2D eigenvalue weighted by molar-refractivity contribution is 7.89. The van der Waals surface area contributed by atoms with Crippen LogP contribution in [0.2, 0.25) is 0 Å². The number of aliphatic carboxylic acids is 1. The van der Waals surface area contributed by atoms with Gasteiger partial charge in [0.15, 0.2) is 0 Å². The van der Waals surface area contributed by atoms with Crippen LogP contribution >= 0.6 is 0 Å². The van der Waals surface area contributed by atoms with E-state index in [9.17, 15) is 17.6 Å². The SMILES string of the molecule is O=C(O)CN(C1CCCC1)S(=O)(=O)c1ccc(F)cc1. The first-order valence-electron chi connectivity index (χ1n) is 6.40. The van der Waals surface area contributed by atoms with Crippen LogP contribution in [0.5, 0.6) is 0 Å². The van der Waals surface area contributed by atoms with Crippen molar-refractivity contribution < 1.29 is 22.7 Å². The molecule has 0 heterocycles. The highest BCUT2D eigenvalue weighted by atomic mass is 32.2. The lowest BCUT2D eigenvalue weighted by Crippen LogP contribution is -2.42. The molecule has 7 heteroatoms. The summed E-state index contributed by atoms with van der Waals surface area (Å²) >= 11 is 0. The normalized spacial score (nSPS) is 16.7. The van der Waals surface area contributed by atoms with Gasteiger partial charge in [-0.25, -0.2) is 12.8 Å². The number of sulfonamides is 1. The number of carboxylic acids is 1. The Hall–Kier alpha value is -1.47. The number of nitrogens with zero attached hydrogens (tertiary/aromatic N) is 1. The van der Waals surface area contributed by atoms with Crippen molar-refractivity contribution in [2.24, 2.45) is 0 Å². The number of rotatable bonds is 5. The molecule has 0 bridgehead atoms. The number of carboxylic acid groups (broad SMARTS) is 1. The Morgan fingerprint density at radius 1 is 1.25 bits per heavy atom. The fourth-order valence-electron chi connectivity index (χ4n) is 2.48. The van der Waals surface area contributed by atoms with Crippen LogP contribution in [0.3, 0.4) is 0 Å². The minimum absolute atomic E-state index is 0.0768. The maximum Gasteiger partial charge on any atom is 0.318 e. The van der Waals surface area contributed by atoms with Crippen LogP contribution < -0.4 is 0 Å². The lowest BCUT2D eigenvalue weighted by Gasteiger charge is -2.26. The average Bonchev–Trinajstić information content (AvgIpc) is 2.89. The first kappa shape index (κ1) is 14.9. The predicted octanol–water partition coefficient (Wildman–Crippen LogP) is 1.84. The van der Waals surface area contributed by atoms with Gasteiger partial charge in [0.25, 0.3) is 0 Å². The zero-order valence-electron chi connectivity index (χ0n) is 10.8. The molecular formula is C13H16FNO4S. The van der Waals surface area contributed by atoms with E-state index in [4.69, 9.17) is 5.11 Å². The number of benzene rings is 1. The molecule has 20 heavy (non-hydrogen) atoms. The Balaban J connectivity index is 2.34. The molecule has 0 spiro atoms. The quantitative estimate of drug-likeness (QED) is 0.900. The van der Waals surface area contributed by atoms with E-state index >= 15 is 0 Å². The first-order chi connectivity index (χ1) is 9.41. The molecule has 0 aromatic heterocycles. The topological polar surface area (TPSA) is 74.7 Å². The molecule has 1 aliphatic carbocycles. The summed E-state index contributed by atoms with van der Waals surface area (Å²) in [6.07, 6.45) is 3.10. The molecule has 0 radical (unpaired) electrons. The van der Waals surface area contributed by atoms with E-state index in [0.717, 1.165) is 41.4 Å². The number of carbonyl (C=O) groups is 1. The maximum absolute atomic E-state index is 12.9. The van der Waals surface area contributed by atoms with Gasteiger partial charge in [0, 0.05) is 6.04 Å². The second-order valence-electron chi connectivity index (χ2n) is 4.84. The molecule has 0 amide bonds. The van der Waals surface area contributed by atoms with Crippen molar-refractivity contribution in [1.82, 2.24) is 4.31 Å². The minimum atomic E-state index is -3.91. The molecule has 0 atom stereocenters. The summed E-state index contributed by atoms with van der Waals surface area (Å²) in [5.74, 6) is -1.72. The third-order valence-corrected chi connectivity index (χ3v) is 5.36. The fourth-order valence-corrected chi connectivity index (χ4v) is 4.11. The third-order valence-electron chi connectivity index (χ3n) is 3.44. The molecule has 0 unspecified atom stereocenters. The highest BCUT2D eigenvalue weighted by Crippen LogP contribution is 2.28. The van der Waals surface area contributed by atoms with E-state index in [1.54, 1.807) is 0 Å². The fraction of sp³-hybridized carbons (Fsp3) is 0.462. The van der Waals surface area contributed by atoms with Gasteiger partial charge in [0.05, 0.1) is 4.90 Å². The van der Waals surface area contributed by atoms with Crippen molar-refractivity contribution in [2.45, 2.75) is 36.6 Å². The van der Waals surface area contributed by atoms with E-state index < -0.39 is 28.4 Å². The lowest BCUT2D eigenvalue weighted by molar-refractivity contribution is -0.137. The van der Waals surface area contributed by atoms with Crippen LogP contribution in [0, 0.1) is 5.82 Å². The van der Waals surface area contributed by atoms with Gasteiger partial charge in [-0.1, -0.05) is 12.8 Å². The van der Waals surface area contributed by atoms with Crippen LogP contribution in [-0.2, 0) is 14.8 Å². The summed E-state index contributed by atoms with van der Waals surface area (Å²) < 4.78 is 38.9. The largest absolute Gasteiger partial charge is 0.480 e. The molecule has 2 rings (SSSR count). The first-order valence-corrected chi connectivity index (χ1v) is 7.84. The molecule has 1 saturated carbocycles. The average molecular weight is 301 g/mol. The van der Waals surface area contributed by atoms with Crippen LogP contribution in [-0.4, -0.2) is 36.4 Å². The Morgan fingerprint density at radius 3 is 2.30 bits per heavy atom. The monoisotopic (exact) mass is 301 g/mol. The van der Waals surface area contributed by atoms with Crippen molar-refractivity contribution in [1.29, 1.82) is 0 Å².